The lowest BCUT2D eigenvalue weighted by atomic mass is 10.2. The number of aromatic nitrogens is 1. The average molecular weight is 300 g/mol. The Kier molecular flexibility index (Phi) is 4.66. The van der Waals surface area contributed by atoms with Crippen LogP contribution in [-0.4, -0.2) is 35.1 Å². The molecule has 1 fully saturated rings. The first kappa shape index (κ1) is 14.9. The molecule has 0 radical (unpaired) electrons. The molecule has 1 amide bonds. The van der Waals surface area contributed by atoms with Crippen LogP contribution in [0.4, 0.5) is 0 Å². The van der Waals surface area contributed by atoms with Gasteiger partial charge in [0.1, 0.15) is 12.3 Å². The third-order valence-electron chi connectivity index (χ3n) is 4.32. The van der Waals surface area contributed by atoms with Crippen LogP contribution in [0.5, 0.6) is 5.75 Å². The van der Waals surface area contributed by atoms with E-state index in [1.807, 2.05) is 46.9 Å². The van der Waals surface area contributed by atoms with E-state index in [-0.39, 0.29) is 5.91 Å². The van der Waals surface area contributed by atoms with Gasteiger partial charge in [-0.3, -0.25) is 4.79 Å². The molecule has 0 bridgehead atoms. The quantitative estimate of drug-likeness (QED) is 0.867. The molecule has 1 aliphatic rings. The number of hydrogen-bond acceptors (Lipinski definition) is 2. The zero-order valence-corrected chi connectivity index (χ0v) is 13.3. The second kappa shape index (κ2) is 6.86. The highest BCUT2D eigenvalue weighted by Crippen LogP contribution is 2.22. The molecule has 2 aromatic rings. The minimum atomic E-state index is 0.230. The highest BCUT2D eigenvalue weighted by molar-refractivity contribution is 5.84. The van der Waals surface area contributed by atoms with Crippen LogP contribution in [0.25, 0.3) is 10.9 Å². The number of fused-ring (bicyclic) bond motifs is 1. The van der Waals surface area contributed by atoms with E-state index < -0.39 is 0 Å². The molecule has 1 aromatic carbocycles. The van der Waals surface area contributed by atoms with Crippen molar-refractivity contribution in [2.75, 3.05) is 19.7 Å². The third-order valence-corrected chi connectivity index (χ3v) is 4.32. The second-order valence-corrected chi connectivity index (χ2v) is 5.89. The van der Waals surface area contributed by atoms with Crippen molar-refractivity contribution in [1.29, 1.82) is 0 Å². The second-order valence-electron chi connectivity index (χ2n) is 5.89. The van der Waals surface area contributed by atoms with Gasteiger partial charge in [-0.25, -0.2) is 0 Å². The molecule has 1 saturated heterocycles. The molecule has 4 nitrogen and oxygen atoms in total. The first-order valence-corrected chi connectivity index (χ1v) is 8.27. The van der Waals surface area contributed by atoms with E-state index >= 15 is 0 Å². The van der Waals surface area contributed by atoms with Crippen molar-refractivity contribution in [2.24, 2.45) is 0 Å². The Morgan fingerprint density at radius 2 is 1.91 bits per heavy atom. The maximum atomic E-state index is 12.5. The summed E-state index contributed by atoms with van der Waals surface area (Å²) in [5.74, 6) is 1.11. The van der Waals surface area contributed by atoms with Crippen LogP contribution in [-0.2, 0) is 11.3 Å². The van der Waals surface area contributed by atoms with Crippen molar-refractivity contribution in [3.8, 4) is 5.75 Å². The topological polar surface area (TPSA) is 34.5 Å². The zero-order chi connectivity index (χ0) is 15.4. The van der Waals surface area contributed by atoms with Gasteiger partial charge in [-0.05, 0) is 44.0 Å². The smallest absolute Gasteiger partial charge is 0.242 e. The molecule has 4 heteroatoms. The summed E-state index contributed by atoms with van der Waals surface area (Å²) in [4.78, 5) is 14.5. The predicted octanol–water partition coefficient (Wildman–Crippen LogP) is 3.44. The Morgan fingerprint density at radius 3 is 2.64 bits per heavy atom. The van der Waals surface area contributed by atoms with E-state index in [4.69, 9.17) is 4.74 Å². The summed E-state index contributed by atoms with van der Waals surface area (Å²) < 4.78 is 7.57. The van der Waals surface area contributed by atoms with Crippen molar-refractivity contribution in [3.63, 3.8) is 0 Å². The monoisotopic (exact) mass is 300 g/mol. The van der Waals surface area contributed by atoms with E-state index in [2.05, 4.69) is 0 Å². The van der Waals surface area contributed by atoms with Crippen molar-refractivity contribution < 1.29 is 9.53 Å². The standard InChI is InChI=1S/C18H24N2O2/c1-2-22-16-7-8-17-15(13-16)9-12-20(17)14-18(21)19-10-5-3-4-6-11-19/h7-9,12-13H,2-6,10-11,14H2,1H3. The summed E-state index contributed by atoms with van der Waals surface area (Å²) in [5, 5.41) is 1.12. The SMILES string of the molecule is CCOc1ccc2c(ccn2CC(=O)N2CCCCCC2)c1. The molecule has 1 aromatic heterocycles. The highest BCUT2D eigenvalue weighted by atomic mass is 16.5. The molecule has 0 saturated carbocycles. The maximum Gasteiger partial charge on any atom is 0.242 e. The van der Waals surface area contributed by atoms with Gasteiger partial charge in [-0.1, -0.05) is 12.8 Å². The van der Waals surface area contributed by atoms with E-state index in [1.165, 1.54) is 12.8 Å². The third kappa shape index (κ3) is 3.26. The number of benzene rings is 1. The Labute approximate surface area is 131 Å². The number of carbonyl (C=O) groups is 1. The first-order chi connectivity index (χ1) is 10.8. The van der Waals surface area contributed by atoms with E-state index in [1.54, 1.807) is 0 Å². The van der Waals surface area contributed by atoms with Crippen LogP contribution >= 0.6 is 0 Å². The van der Waals surface area contributed by atoms with Crippen LogP contribution in [0.15, 0.2) is 30.5 Å². The molecule has 1 aliphatic heterocycles. The lowest BCUT2D eigenvalue weighted by Crippen LogP contribution is -2.34. The summed E-state index contributed by atoms with van der Waals surface area (Å²) in [6.07, 6.45) is 6.76. The molecule has 0 aliphatic carbocycles. The molecular weight excluding hydrogens is 276 g/mol. The summed E-state index contributed by atoms with van der Waals surface area (Å²) in [5.41, 5.74) is 1.09. The molecule has 118 valence electrons. The largest absolute Gasteiger partial charge is 0.494 e. The molecule has 0 spiro atoms. The van der Waals surface area contributed by atoms with Crippen LogP contribution < -0.4 is 4.74 Å². The maximum absolute atomic E-state index is 12.5. The normalized spacial score (nSPS) is 15.8. The molecule has 22 heavy (non-hydrogen) atoms. The first-order valence-electron chi connectivity index (χ1n) is 8.27. The minimum absolute atomic E-state index is 0.230. The number of rotatable bonds is 4. The summed E-state index contributed by atoms with van der Waals surface area (Å²) in [6.45, 7) is 4.89. The lowest BCUT2D eigenvalue weighted by molar-refractivity contribution is -0.131. The van der Waals surface area contributed by atoms with E-state index in [9.17, 15) is 4.79 Å². The summed E-state index contributed by atoms with van der Waals surface area (Å²) in [6, 6.07) is 8.09. The summed E-state index contributed by atoms with van der Waals surface area (Å²) in [7, 11) is 0. The average Bonchev–Trinajstić information content (AvgIpc) is 2.75. The molecule has 0 atom stereocenters. The van der Waals surface area contributed by atoms with E-state index in [0.29, 0.717) is 13.2 Å². The Bertz CT molecular complexity index is 640. The van der Waals surface area contributed by atoms with Crippen LogP contribution in [0.2, 0.25) is 0 Å². The number of nitrogens with zero attached hydrogens (tertiary/aromatic N) is 2. The fraction of sp³-hybridized carbons (Fsp3) is 0.500. The van der Waals surface area contributed by atoms with Gasteiger partial charge in [0.05, 0.1) is 6.61 Å². The Morgan fingerprint density at radius 1 is 1.14 bits per heavy atom. The van der Waals surface area contributed by atoms with Gasteiger partial charge in [0.25, 0.3) is 0 Å². The van der Waals surface area contributed by atoms with Crippen molar-refractivity contribution in [3.05, 3.63) is 30.5 Å². The molecule has 0 N–H and O–H groups in total. The van der Waals surface area contributed by atoms with E-state index in [0.717, 1.165) is 42.6 Å². The van der Waals surface area contributed by atoms with Gasteiger partial charge >= 0.3 is 0 Å². The van der Waals surface area contributed by atoms with Gasteiger partial charge < -0.3 is 14.2 Å². The molecule has 2 heterocycles. The number of ether oxygens (including phenoxy) is 1. The number of likely N-dealkylation sites (tertiary alicyclic amines) is 1. The van der Waals surface area contributed by atoms with Gasteiger partial charge in [-0.15, -0.1) is 0 Å². The Hall–Kier alpha value is -1.97. The lowest BCUT2D eigenvalue weighted by Gasteiger charge is -2.20. The molecule has 3 rings (SSSR count). The van der Waals surface area contributed by atoms with Crippen molar-refractivity contribution in [2.45, 2.75) is 39.2 Å². The predicted molar refractivity (Wildman–Crippen MR) is 88.2 cm³/mol. The number of hydrogen-bond donors (Lipinski definition) is 0. The van der Waals surface area contributed by atoms with Crippen molar-refractivity contribution >= 4 is 16.8 Å². The Balaban J connectivity index is 1.74. The summed E-state index contributed by atoms with van der Waals surface area (Å²) >= 11 is 0. The van der Waals surface area contributed by atoms with Crippen LogP contribution in [0.3, 0.4) is 0 Å². The fourth-order valence-electron chi connectivity index (χ4n) is 3.14. The zero-order valence-electron chi connectivity index (χ0n) is 13.3. The highest BCUT2D eigenvalue weighted by Gasteiger charge is 2.16. The van der Waals surface area contributed by atoms with Crippen molar-refractivity contribution in [1.82, 2.24) is 9.47 Å². The van der Waals surface area contributed by atoms with Gasteiger partial charge in [-0.2, -0.15) is 0 Å². The number of amides is 1. The van der Waals surface area contributed by atoms with Gasteiger partial charge in [0.15, 0.2) is 0 Å². The van der Waals surface area contributed by atoms with Gasteiger partial charge in [0.2, 0.25) is 5.91 Å². The fourth-order valence-corrected chi connectivity index (χ4v) is 3.14. The molecular formula is C18H24N2O2. The van der Waals surface area contributed by atoms with Gasteiger partial charge in [0, 0.05) is 30.2 Å². The number of carbonyl (C=O) groups excluding carboxylic acids is 1. The minimum Gasteiger partial charge on any atom is -0.494 e. The van der Waals surface area contributed by atoms with Crippen LogP contribution in [0, 0.1) is 0 Å². The van der Waals surface area contributed by atoms with Crippen LogP contribution in [0.1, 0.15) is 32.6 Å². The molecule has 0 unspecified atom stereocenters.